The van der Waals surface area contributed by atoms with Crippen molar-refractivity contribution in [2.24, 2.45) is 10.8 Å². The molecule has 0 amide bonds. The van der Waals surface area contributed by atoms with Gasteiger partial charge in [0.15, 0.2) is 0 Å². The Kier molecular flexibility index (Phi) is 10.0. The Bertz CT molecular complexity index is 337. The summed E-state index contributed by atoms with van der Waals surface area (Å²) in [5, 5.41) is 17.2. The summed E-state index contributed by atoms with van der Waals surface area (Å²) in [6, 6.07) is 0. The quantitative estimate of drug-likeness (QED) is 0.501. The second-order valence-corrected chi connectivity index (χ2v) is 6.59. The summed E-state index contributed by atoms with van der Waals surface area (Å²) in [6.45, 7) is 8.86. The van der Waals surface area contributed by atoms with Gasteiger partial charge in [-0.05, 0) is 12.8 Å². The highest BCUT2D eigenvalue weighted by molar-refractivity contribution is 5.68. The van der Waals surface area contributed by atoms with Crippen molar-refractivity contribution in [3.8, 4) is 0 Å². The van der Waals surface area contributed by atoms with E-state index < -0.39 is 11.9 Å². The van der Waals surface area contributed by atoms with Gasteiger partial charge in [-0.25, -0.2) is 9.59 Å². The third-order valence-corrected chi connectivity index (χ3v) is 3.96. The lowest BCUT2D eigenvalue weighted by Gasteiger charge is -2.32. The van der Waals surface area contributed by atoms with Gasteiger partial charge in [0.05, 0.1) is 26.4 Å². The van der Waals surface area contributed by atoms with Crippen molar-refractivity contribution in [1.29, 1.82) is 0 Å². The molecular formula is C16H30O7. The Labute approximate surface area is 137 Å². The SMILES string of the molecule is CCC(C)(COCC(=O)O)COCC(C)(CC)COCC(=O)O. The van der Waals surface area contributed by atoms with Gasteiger partial charge in [-0.2, -0.15) is 0 Å². The zero-order valence-electron chi connectivity index (χ0n) is 14.6. The van der Waals surface area contributed by atoms with Crippen LogP contribution in [0.2, 0.25) is 0 Å². The highest BCUT2D eigenvalue weighted by atomic mass is 16.5. The zero-order valence-corrected chi connectivity index (χ0v) is 14.6. The lowest BCUT2D eigenvalue weighted by Crippen LogP contribution is -2.34. The molecule has 0 bridgehead atoms. The molecule has 136 valence electrons. The second-order valence-electron chi connectivity index (χ2n) is 6.59. The Balaban J connectivity index is 4.27. The van der Waals surface area contributed by atoms with E-state index >= 15 is 0 Å². The molecule has 0 aliphatic carbocycles. The van der Waals surface area contributed by atoms with E-state index in [4.69, 9.17) is 24.4 Å². The molecule has 0 rings (SSSR count). The van der Waals surface area contributed by atoms with Crippen molar-refractivity contribution in [3.63, 3.8) is 0 Å². The van der Waals surface area contributed by atoms with E-state index in [1.54, 1.807) is 0 Å². The lowest BCUT2D eigenvalue weighted by molar-refractivity contribution is -0.144. The number of hydrogen-bond acceptors (Lipinski definition) is 5. The number of hydrogen-bond donors (Lipinski definition) is 2. The summed E-state index contributed by atoms with van der Waals surface area (Å²) in [5.41, 5.74) is -0.516. The fourth-order valence-electron chi connectivity index (χ4n) is 1.80. The summed E-state index contributed by atoms with van der Waals surface area (Å²) in [6.07, 6.45) is 1.59. The predicted molar refractivity (Wildman–Crippen MR) is 84.5 cm³/mol. The van der Waals surface area contributed by atoms with Gasteiger partial charge >= 0.3 is 11.9 Å². The molecule has 23 heavy (non-hydrogen) atoms. The molecule has 2 N–H and O–H groups in total. The molecular weight excluding hydrogens is 304 g/mol. The summed E-state index contributed by atoms with van der Waals surface area (Å²) < 4.78 is 16.2. The van der Waals surface area contributed by atoms with Gasteiger partial charge in [-0.15, -0.1) is 0 Å². The van der Waals surface area contributed by atoms with Crippen LogP contribution in [0.4, 0.5) is 0 Å². The first-order valence-corrected chi connectivity index (χ1v) is 7.83. The molecule has 2 atom stereocenters. The zero-order chi connectivity index (χ0) is 17.9. The van der Waals surface area contributed by atoms with Crippen molar-refractivity contribution >= 4 is 11.9 Å². The lowest BCUT2D eigenvalue weighted by atomic mass is 9.88. The molecule has 2 unspecified atom stereocenters. The molecule has 0 aromatic heterocycles. The minimum Gasteiger partial charge on any atom is -0.480 e. The Morgan fingerprint density at radius 2 is 1.04 bits per heavy atom. The van der Waals surface area contributed by atoms with Crippen LogP contribution in [-0.2, 0) is 23.8 Å². The average molecular weight is 334 g/mol. The van der Waals surface area contributed by atoms with Crippen LogP contribution in [0, 0.1) is 10.8 Å². The monoisotopic (exact) mass is 334 g/mol. The van der Waals surface area contributed by atoms with Gasteiger partial charge in [0.25, 0.3) is 0 Å². The topological polar surface area (TPSA) is 102 Å². The van der Waals surface area contributed by atoms with E-state index in [0.717, 1.165) is 12.8 Å². The largest absolute Gasteiger partial charge is 0.480 e. The van der Waals surface area contributed by atoms with Gasteiger partial charge < -0.3 is 24.4 Å². The number of ether oxygens (including phenoxy) is 3. The normalized spacial score (nSPS) is 16.5. The van der Waals surface area contributed by atoms with Crippen molar-refractivity contribution in [2.75, 3.05) is 39.6 Å². The maximum absolute atomic E-state index is 10.5. The van der Waals surface area contributed by atoms with Crippen molar-refractivity contribution < 1.29 is 34.0 Å². The van der Waals surface area contributed by atoms with Crippen LogP contribution >= 0.6 is 0 Å². The van der Waals surface area contributed by atoms with Crippen LogP contribution in [0.5, 0.6) is 0 Å². The number of carboxylic acids is 2. The van der Waals surface area contributed by atoms with Crippen LogP contribution in [0.1, 0.15) is 40.5 Å². The third-order valence-electron chi connectivity index (χ3n) is 3.96. The van der Waals surface area contributed by atoms with Crippen LogP contribution in [-0.4, -0.2) is 61.8 Å². The first kappa shape index (κ1) is 21.8. The minimum atomic E-state index is -0.987. The molecule has 7 heteroatoms. The van der Waals surface area contributed by atoms with Crippen LogP contribution in [0.15, 0.2) is 0 Å². The van der Waals surface area contributed by atoms with E-state index in [0.29, 0.717) is 26.4 Å². The molecule has 0 aliphatic rings. The highest BCUT2D eigenvalue weighted by Gasteiger charge is 2.27. The predicted octanol–water partition coefficient (Wildman–Crippen LogP) is 2.04. The fourth-order valence-corrected chi connectivity index (χ4v) is 1.80. The highest BCUT2D eigenvalue weighted by Crippen LogP contribution is 2.26. The van der Waals surface area contributed by atoms with E-state index in [1.165, 1.54) is 0 Å². The van der Waals surface area contributed by atoms with E-state index in [1.807, 2.05) is 27.7 Å². The molecule has 0 heterocycles. The molecule has 7 nitrogen and oxygen atoms in total. The van der Waals surface area contributed by atoms with Gasteiger partial charge in [-0.1, -0.05) is 27.7 Å². The molecule has 0 aromatic rings. The maximum atomic E-state index is 10.5. The minimum absolute atomic E-state index is 0.258. The van der Waals surface area contributed by atoms with Crippen LogP contribution in [0.25, 0.3) is 0 Å². The fraction of sp³-hybridized carbons (Fsp3) is 0.875. The third kappa shape index (κ3) is 10.3. The Morgan fingerprint density at radius 1 is 0.739 bits per heavy atom. The van der Waals surface area contributed by atoms with Crippen molar-refractivity contribution in [3.05, 3.63) is 0 Å². The number of carbonyl (C=O) groups is 2. The molecule has 0 saturated heterocycles. The summed E-state index contributed by atoms with van der Waals surface area (Å²) in [7, 11) is 0. The van der Waals surface area contributed by atoms with Crippen LogP contribution in [0.3, 0.4) is 0 Å². The molecule has 0 fully saturated rings. The molecule has 0 aromatic carbocycles. The van der Waals surface area contributed by atoms with E-state index in [-0.39, 0.29) is 24.0 Å². The van der Waals surface area contributed by atoms with Gasteiger partial charge in [0, 0.05) is 10.8 Å². The van der Waals surface area contributed by atoms with Crippen LogP contribution < -0.4 is 0 Å². The smallest absolute Gasteiger partial charge is 0.329 e. The van der Waals surface area contributed by atoms with Crippen molar-refractivity contribution in [1.82, 2.24) is 0 Å². The van der Waals surface area contributed by atoms with E-state index in [9.17, 15) is 9.59 Å². The Hall–Kier alpha value is -1.18. The summed E-state index contributed by atoms with van der Waals surface area (Å²) in [4.78, 5) is 21.0. The molecule has 0 radical (unpaired) electrons. The number of rotatable bonds is 14. The average Bonchev–Trinajstić information content (AvgIpc) is 2.46. The number of carboxylic acid groups (broad SMARTS) is 2. The van der Waals surface area contributed by atoms with Gasteiger partial charge in [0.2, 0.25) is 0 Å². The number of aliphatic carboxylic acids is 2. The Morgan fingerprint density at radius 3 is 1.30 bits per heavy atom. The molecule has 0 saturated carbocycles. The van der Waals surface area contributed by atoms with E-state index in [2.05, 4.69) is 0 Å². The first-order valence-electron chi connectivity index (χ1n) is 7.83. The maximum Gasteiger partial charge on any atom is 0.329 e. The summed E-state index contributed by atoms with van der Waals surface area (Å²) >= 11 is 0. The van der Waals surface area contributed by atoms with Gasteiger partial charge in [-0.3, -0.25) is 0 Å². The first-order chi connectivity index (χ1) is 10.7. The van der Waals surface area contributed by atoms with Gasteiger partial charge in [0.1, 0.15) is 13.2 Å². The standard InChI is InChI=1S/C16H30O7/c1-5-15(3,9-21-7-13(17)18)11-23-12-16(4,6-2)10-22-8-14(19)20/h5-12H2,1-4H3,(H,17,18)(H,19,20). The molecule has 0 spiro atoms. The molecule has 0 aliphatic heterocycles. The second kappa shape index (κ2) is 10.6. The van der Waals surface area contributed by atoms with Crippen molar-refractivity contribution in [2.45, 2.75) is 40.5 Å². The summed E-state index contributed by atoms with van der Waals surface area (Å²) in [5.74, 6) is -1.97.